The number of aromatic nitrogens is 3. The number of amides is 1. The second-order valence-corrected chi connectivity index (χ2v) is 8.90. The van der Waals surface area contributed by atoms with Crippen LogP contribution >= 0.6 is 23.1 Å². The SMILES string of the molecule is C=CCn1c(SCC(=O)Nc2sc(C)cc2C(=O)OC)nnc1-c1ccc(OC)c(OC)c1. The van der Waals surface area contributed by atoms with Crippen molar-refractivity contribution in [2.45, 2.75) is 18.6 Å². The quantitative estimate of drug-likeness (QED) is 0.259. The van der Waals surface area contributed by atoms with Gasteiger partial charge < -0.3 is 19.5 Å². The van der Waals surface area contributed by atoms with E-state index in [1.165, 1.54) is 30.2 Å². The van der Waals surface area contributed by atoms with Crippen LogP contribution < -0.4 is 14.8 Å². The molecule has 0 atom stereocenters. The Bertz CT molecular complexity index is 1170. The molecule has 0 radical (unpaired) electrons. The lowest BCUT2D eigenvalue weighted by atomic mass is 10.2. The minimum absolute atomic E-state index is 0.0821. The van der Waals surface area contributed by atoms with Gasteiger partial charge in [-0.15, -0.1) is 28.1 Å². The molecule has 0 spiro atoms. The molecular weight excluding hydrogens is 464 g/mol. The van der Waals surface area contributed by atoms with E-state index >= 15 is 0 Å². The lowest BCUT2D eigenvalue weighted by Gasteiger charge is -2.11. The number of nitrogens with one attached hydrogen (secondary N) is 1. The van der Waals surface area contributed by atoms with E-state index in [2.05, 4.69) is 22.1 Å². The third kappa shape index (κ3) is 5.55. The average molecular weight is 489 g/mol. The number of allylic oxidation sites excluding steroid dienone is 1. The first-order chi connectivity index (χ1) is 15.9. The van der Waals surface area contributed by atoms with Crippen molar-refractivity contribution in [2.24, 2.45) is 0 Å². The molecule has 0 unspecified atom stereocenters. The largest absolute Gasteiger partial charge is 0.493 e. The average Bonchev–Trinajstić information content (AvgIpc) is 3.39. The topological polar surface area (TPSA) is 105 Å². The van der Waals surface area contributed by atoms with Gasteiger partial charge in [-0.05, 0) is 31.2 Å². The summed E-state index contributed by atoms with van der Waals surface area (Å²) in [5.41, 5.74) is 1.12. The molecule has 0 bridgehead atoms. The van der Waals surface area contributed by atoms with Crippen LogP contribution in [0.25, 0.3) is 11.4 Å². The van der Waals surface area contributed by atoms with Crippen LogP contribution in [0.1, 0.15) is 15.2 Å². The van der Waals surface area contributed by atoms with E-state index in [0.29, 0.717) is 39.6 Å². The van der Waals surface area contributed by atoms with Crippen LogP contribution in [-0.4, -0.2) is 53.7 Å². The van der Waals surface area contributed by atoms with E-state index in [-0.39, 0.29) is 11.7 Å². The van der Waals surface area contributed by atoms with Crippen LogP contribution in [0.15, 0.2) is 42.1 Å². The number of anilines is 1. The van der Waals surface area contributed by atoms with E-state index < -0.39 is 5.97 Å². The molecular formula is C22H24N4O5S2. The van der Waals surface area contributed by atoms with Crippen LogP contribution in [0.3, 0.4) is 0 Å². The number of hydrogen-bond acceptors (Lipinski definition) is 9. The zero-order valence-corrected chi connectivity index (χ0v) is 20.3. The van der Waals surface area contributed by atoms with Gasteiger partial charge in [-0.25, -0.2) is 4.79 Å². The Kier molecular flexibility index (Phi) is 8.12. The fourth-order valence-electron chi connectivity index (χ4n) is 3.04. The van der Waals surface area contributed by atoms with Gasteiger partial charge in [-0.2, -0.15) is 0 Å². The Morgan fingerprint density at radius 1 is 1.18 bits per heavy atom. The molecule has 1 aromatic carbocycles. The molecule has 3 aromatic rings. The molecule has 1 amide bonds. The summed E-state index contributed by atoms with van der Waals surface area (Å²) in [4.78, 5) is 25.4. The summed E-state index contributed by atoms with van der Waals surface area (Å²) in [7, 11) is 4.44. The number of carbonyl (C=O) groups is 2. The van der Waals surface area contributed by atoms with Crippen LogP contribution in [0, 0.1) is 6.92 Å². The molecule has 1 N–H and O–H groups in total. The molecule has 2 heterocycles. The number of aryl methyl sites for hydroxylation is 1. The first-order valence-corrected chi connectivity index (χ1v) is 11.6. The van der Waals surface area contributed by atoms with Crippen LogP contribution in [0.2, 0.25) is 0 Å². The fraction of sp³-hybridized carbons (Fsp3) is 0.273. The number of esters is 1. The number of thioether (sulfide) groups is 1. The maximum absolute atomic E-state index is 12.6. The molecule has 174 valence electrons. The van der Waals surface area contributed by atoms with Crippen molar-refractivity contribution in [1.29, 1.82) is 0 Å². The normalized spacial score (nSPS) is 10.5. The lowest BCUT2D eigenvalue weighted by Crippen LogP contribution is -2.16. The van der Waals surface area contributed by atoms with Gasteiger partial charge in [0.2, 0.25) is 5.91 Å². The third-order valence-corrected chi connectivity index (χ3v) is 6.45. The Morgan fingerprint density at radius 3 is 2.61 bits per heavy atom. The standard InChI is InChI=1S/C22H24N4O5S2/c1-6-9-26-19(14-7-8-16(29-3)17(11-14)30-4)24-25-22(26)32-12-18(27)23-20-15(21(28)31-5)10-13(2)33-20/h6-8,10-11H,1,9,12H2,2-5H3,(H,23,27). The van der Waals surface area contributed by atoms with E-state index in [0.717, 1.165) is 10.4 Å². The minimum atomic E-state index is -0.493. The molecule has 0 saturated carbocycles. The maximum Gasteiger partial charge on any atom is 0.340 e. The van der Waals surface area contributed by atoms with Gasteiger partial charge >= 0.3 is 5.97 Å². The summed E-state index contributed by atoms with van der Waals surface area (Å²) in [5.74, 6) is 1.11. The summed E-state index contributed by atoms with van der Waals surface area (Å²) in [6.45, 7) is 6.12. The predicted octanol–water partition coefficient (Wildman–Crippen LogP) is 4.04. The summed E-state index contributed by atoms with van der Waals surface area (Å²) in [5, 5.41) is 12.4. The van der Waals surface area contributed by atoms with Gasteiger partial charge in [0, 0.05) is 17.0 Å². The zero-order valence-electron chi connectivity index (χ0n) is 18.7. The molecule has 0 saturated heterocycles. The van der Waals surface area contributed by atoms with Gasteiger partial charge in [-0.3, -0.25) is 9.36 Å². The number of hydrogen-bond donors (Lipinski definition) is 1. The van der Waals surface area contributed by atoms with Crippen molar-refractivity contribution in [2.75, 3.05) is 32.4 Å². The highest BCUT2D eigenvalue weighted by atomic mass is 32.2. The van der Waals surface area contributed by atoms with E-state index in [1.807, 2.05) is 23.6 Å². The van der Waals surface area contributed by atoms with Crippen LogP contribution in [0.5, 0.6) is 11.5 Å². The number of methoxy groups -OCH3 is 3. The van der Waals surface area contributed by atoms with Gasteiger partial charge in [-0.1, -0.05) is 17.8 Å². The zero-order chi connectivity index (χ0) is 24.0. The first-order valence-electron chi connectivity index (χ1n) is 9.79. The number of carbonyl (C=O) groups excluding carboxylic acids is 2. The summed E-state index contributed by atoms with van der Waals surface area (Å²) in [6.07, 6.45) is 1.73. The molecule has 0 fully saturated rings. The summed E-state index contributed by atoms with van der Waals surface area (Å²) >= 11 is 2.55. The molecule has 2 aromatic heterocycles. The van der Waals surface area contributed by atoms with E-state index in [9.17, 15) is 9.59 Å². The van der Waals surface area contributed by atoms with E-state index in [4.69, 9.17) is 14.2 Å². The Hall–Kier alpha value is -3.31. The molecule has 3 rings (SSSR count). The molecule has 0 aliphatic carbocycles. The smallest absolute Gasteiger partial charge is 0.340 e. The summed E-state index contributed by atoms with van der Waals surface area (Å²) < 4.78 is 17.3. The van der Waals surface area contributed by atoms with Gasteiger partial charge in [0.15, 0.2) is 22.5 Å². The Labute approximate surface area is 199 Å². The van der Waals surface area contributed by atoms with Gasteiger partial charge in [0.1, 0.15) is 5.00 Å². The molecule has 0 aliphatic heterocycles. The number of benzene rings is 1. The molecule has 11 heteroatoms. The van der Waals surface area contributed by atoms with Crippen molar-refractivity contribution in [1.82, 2.24) is 14.8 Å². The Balaban J connectivity index is 1.77. The van der Waals surface area contributed by atoms with Crippen molar-refractivity contribution < 1.29 is 23.8 Å². The van der Waals surface area contributed by atoms with Crippen molar-refractivity contribution >= 4 is 40.0 Å². The molecule has 33 heavy (non-hydrogen) atoms. The highest BCUT2D eigenvalue weighted by Crippen LogP contribution is 2.33. The van der Waals surface area contributed by atoms with Gasteiger partial charge in [0.25, 0.3) is 0 Å². The van der Waals surface area contributed by atoms with Crippen LogP contribution in [-0.2, 0) is 16.1 Å². The second kappa shape index (κ2) is 11.0. The maximum atomic E-state index is 12.6. The first kappa shape index (κ1) is 24.3. The van der Waals surface area contributed by atoms with Gasteiger partial charge in [0.05, 0.1) is 32.6 Å². The third-order valence-electron chi connectivity index (χ3n) is 4.52. The van der Waals surface area contributed by atoms with Crippen molar-refractivity contribution in [3.63, 3.8) is 0 Å². The monoisotopic (exact) mass is 488 g/mol. The molecule has 0 aliphatic rings. The van der Waals surface area contributed by atoms with Crippen LogP contribution in [0.4, 0.5) is 5.00 Å². The highest BCUT2D eigenvalue weighted by Gasteiger charge is 2.19. The lowest BCUT2D eigenvalue weighted by molar-refractivity contribution is -0.113. The highest BCUT2D eigenvalue weighted by molar-refractivity contribution is 7.99. The van der Waals surface area contributed by atoms with Crippen molar-refractivity contribution in [3.8, 4) is 22.9 Å². The second-order valence-electron chi connectivity index (χ2n) is 6.70. The minimum Gasteiger partial charge on any atom is -0.493 e. The number of ether oxygens (including phenoxy) is 3. The van der Waals surface area contributed by atoms with Crippen molar-refractivity contribution in [3.05, 3.63) is 47.4 Å². The predicted molar refractivity (Wildman–Crippen MR) is 129 cm³/mol. The number of nitrogens with zero attached hydrogens (tertiary/aromatic N) is 3. The summed E-state index contributed by atoms with van der Waals surface area (Å²) in [6, 6.07) is 7.16. The van der Waals surface area contributed by atoms with E-state index in [1.54, 1.807) is 32.4 Å². The number of thiophene rings is 1. The molecule has 9 nitrogen and oxygen atoms in total. The Morgan fingerprint density at radius 2 is 1.94 bits per heavy atom. The number of rotatable bonds is 10. The fourth-order valence-corrected chi connectivity index (χ4v) is 4.70.